The van der Waals surface area contributed by atoms with E-state index in [9.17, 15) is 8.42 Å². The summed E-state index contributed by atoms with van der Waals surface area (Å²) >= 11 is 0. The van der Waals surface area contributed by atoms with Crippen molar-refractivity contribution in [3.05, 3.63) is 59.2 Å². The van der Waals surface area contributed by atoms with Gasteiger partial charge in [-0.2, -0.15) is 0 Å². The molecule has 1 N–H and O–H groups in total. The number of ether oxygens (including phenoxy) is 1. The molecule has 0 amide bonds. The molecule has 130 valence electrons. The fourth-order valence-electron chi connectivity index (χ4n) is 2.26. The van der Waals surface area contributed by atoms with Crippen LogP contribution in [0.25, 0.3) is 0 Å². The summed E-state index contributed by atoms with van der Waals surface area (Å²) in [5, 5.41) is 0. The highest BCUT2D eigenvalue weighted by Gasteiger charge is 2.14. The van der Waals surface area contributed by atoms with Gasteiger partial charge in [0.05, 0.1) is 4.90 Å². The Morgan fingerprint density at radius 2 is 1.67 bits per heavy atom. The second kappa shape index (κ2) is 7.81. The second-order valence-electron chi connectivity index (χ2n) is 6.22. The summed E-state index contributed by atoms with van der Waals surface area (Å²) in [5.41, 5.74) is 3.28. The molecule has 0 aliphatic heterocycles. The van der Waals surface area contributed by atoms with Crippen molar-refractivity contribution in [1.29, 1.82) is 0 Å². The molecule has 0 saturated heterocycles. The van der Waals surface area contributed by atoms with Crippen LogP contribution in [0.5, 0.6) is 5.75 Å². The molecule has 0 heterocycles. The van der Waals surface area contributed by atoms with Crippen LogP contribution in [0, 0.1) is 13.8 Å². The van der Waals surface area contributed by atoms with Crippen molar-refractivity contribution < 1.29 is 13.2 Å². The summed E-state index contributed by atoms with van der Waals surface area (Å²) in [5.74, 6) is 1.22. The summed E-state index contributed by atoms with van der Waals surface area (Å²) in [6.45, 7) is 8.64. The maximum absolute atomic E-state index is 12.3. The van der Waals surface area contributed by atoms with Crippen LogP contribution in [0.1, 0.15) is 36.5 Å². The lowest BCUT2D eigenvalue weighted by Gasteiger charge is -2.11. The van der Waals surface area contributed by atoms with Gasteiger partial charge < -0.3 is 4.74 Å². The molecule has 24 heavy (non-hydrogen) atoms. The molecule has 2 aromatic rings. The summed E-state index contributed by atoms with van der Waals surface area (Å²) < 4.78 is 32.7. The number of hydrogen-bond acceptors (Lipinski definition) is 3. The van der Waals surface area contributed by atoms with Gasteiger partial charge in [0.1, 0.15) is 12.4 Å². The molecule has 0 aromatic heterocycles. The number of hydrogen-bond donors (Lipinski definition) is 1. The molecule has 0 radical (unpaired) electrons. The normalized spacial score (nSPS) is 11.7. The second-order valence-corrected chi connectivity index (χ2v) is 7.98. The van der Waals surface area contributed by atoms with Gasteiger partial charge in [-0.1, -0.05) is 32.0 Å². The Labute approximate surface area is 144 Å². The highest BCUT2D eigenvalue weighted by molar-refractivity contribution is 7.89. The first-order valence-electron chi connectivity index (χ1n) is 8.09. The van der Waals surface area contributed by atoms with E-state index in [-0.39, 0.29) is 18.0 Å². The molecule has 0 saturated carbocycles. The highest BCUT2D eigenvalue weighted by Crippen LogP contribution is 2.18. The Morgan fingerprint density at radius 1 is 1.00 bits per heavy atom. The zero-order valence-electron chi connectivity index (χ0n) is 14.7. The van der Waals surface area contributed by atoms with Crippen LogP contribution in [0.4, 0.5) is 0 Å². The van der Waals surface area contributed by atoms with Crippen LogP contribution in [0.2, 0.25) is 0 Å². The third-order valence-corrected chi connectivity index (χ3v) is 5.46. The van der Waals surface area contributed by atoms with Gasteiger partial charge in [0.2, 0.25) is 10.0 Å². The lowest BCUT2D eigenvalue weighted by molar-refractivity contribution is 0.322. The molecule has 0 unspecified atom stereocenters. The minimum Gasteiger partial charge on any atom is -0.492 e. The van der Waals surface area contributed by atoms with Crippen LogP contribution in [-0.4, -0.2) is 21.6 Å². The minimum absolute atomic E-state index is 0.223. The van der Waals surface area contributed by atoms with Crippen LogP contribution >= 0.6 is 0 Å². The first-order chi connectivity index (χ1) is 11.3. The van der Waals surface area contributed by atoms with Crippen LogP contribution in [-0.2, 0) is 10.0 Å². The SMILES string of the molecule is Cc1ccc(S(=O)(=O)NCCOc2ccc(C(C)C)cc2)cc1C. The predicted octanol–water partition coefficient (Wildman–Crippen LogP) is 3.78. The molecule has 2 aromatic carbocycles. The standard InChI is InChI=1S/C19H25NO3S/c1-14(2)17-6-8-18(9-7-17)23-12-11-20-24(21,22)19-10-5-15(3)16(4)13-19/h5-10,13-14,20H,11-12H2,1-4H3. The van der Waals surface area contributed by atoms with Gasteiger partial charge in [0.25, 0.3) is 0 Å². The first kappa shape index (κ1) is 18.5. The van der Waals surface area contributed by atoms with E-state index in [4.69, 9.17) is 4.74 Å². The van der Waals surface area contributed by atoms with Crippen molar-refractivity contribution >= 4 is 10.0 Å². The quantitative estimate of drug-likeness (QED) is 0.776. The van der Waals surface area contributed by atoms with Gasteiger partial charge in [-0.15, -0.1) is 0 Å². The zero-order valence-corrected chi connectivity index (χ0v) is 15.5. The number of sulfonamides is 1. The van der Waals surface area contributed by atoms with Gasteiger partial charge in [0, 0.05) is 6.54 Å². The van der Waals surface area contributed by atoms with E-state index in [2.05, 4.69) is 18.6 Å². The number of rotatable bonds is 7. The van der Waals surface area contributed by atoms with E-state index in [0.29, 0.717) is 5.92 Å². The van der Waals surface area contributed by atoms with Gasteiger partial charge in [-0.25, -0.2) is 13.1 Å². The van der Waals surface area contributed by atoms with Gasteiger partial charge in [-0.05, 0) is 60.7 Å². The van der Waals surface area contributed by atoms with E-state index in [0.717, 1.165) is 16.9 Å². The largest absolute Gasteiger partial charge is 0.492 e. The minimum atomic E-state index is -3.50. The molecule has 0 bridgehead atoms. The summed E-state index contributed by atoms with van der Waals surface area (Å²) in [6, 6.07) is 13.0. The van der Waals surface area contributed by atoms with Crippen molar-refractivity contribution in [3.63, 3.8) is 0 Å². The lowest BCUT2D eigenvalue weighted by atomic mass is 10.0. The fourth-order valence-corrected chi connectivity index (χ4v) is 3.36. The molecule has 0 fully saturated rings. The highest BCUT2D eigenvalue weighted by atomic mass is 32.2. The van der Waals surface area contributed by atoms with Crippen molar-refractivity contribution in [1.82, 2.24) is 4.72 Å². The first-order valence-corrected chi connectivity index (χ1v) is 9.57. The Bertz CT molecular complexity index is 781. The van der Waals surface area contributed by atoms with Crippen molar-refractivity contribution in [3.8, 4) is 5.75 Å². The van der Waals surface area contributed by atoms with Crippen LogP contribution in [0.15, 0.2) is 47.4 Å². The van der Waals surface area contributed by atoms with E-state index in [1.807, 2.05) is 44.2 Å². The lowest BCUT2D eigenvalue weighted by Crippen LogP contribution is -2.28. The van der Waals surface area contributed by atoms with Crippen LogP contribution < -0.4 is 9.46 Å². The van der Waals surface area contributed by atoms with Crippen LogP contribution in [0.3, 0.4) is 0 Å². The monoisotopic (exact) mass is 347 g/mol. The van der Waals surface area contributed by atoms with Gasteiger partial charge in [0.15, 0.2) is 0 Å². The molecule has 0 spiro atoms. The zero-order chi connectivity index (χ0) is 17.7. The van der Waals surface area contributed by atoms with E-state index in [1.54, 1.807) is 12.1 Å². The third-order valence-electron chi connectivity index (χ3n) is 4.00. The molecular formula is C19H25NO3S. The average Bonchev–Trinajstić information content (AvgIpc) is 2.54. The molecule has 0 aliphatic rings. The Balaban J connectivity index is 1.87. The number of nitrogens with one attached hydrogen (secondary N) is 1. The maximum atomic E-state index is 12.3. The van der Waals surface area contributed by atoms with Gasteiger partial charge in [-0.3, -0.25) is 0 Å². The van der Waals surface area contributed by atoms with Crippen molar-refractivity contribution in [2.75, 3.05) is 13.2 Å². The van der Waals surface area contributed by atoms with E-state index >= 15 is 0 Å². The maximum Gasteiger partial charge on any atom is 0.240 e. The summed E-state index contributed by atoms with van der Waals surface area (Å²) in [7, 11) is -3.50. The number of benzene rings is 2. The molecule has 2 rings (SSSR count). The topological polar surface area (TPSA) is 55.4 Å². The number of aryl methyl sites for hydroxylation is 2. The average molecular weight is 347 g/mol. The fraction of sp³-hybridized carbons (Fsp3) is 0.368. The Morgan fingerprint density at radius 3 is 2.25 bits per heavy atom. The third kappa shape index (κ3) is 4.82. The molecular weight excluding hydrogens is 322 g/mol. The summed E-state index contributed by atoms with van der Waals surface area (Å²) in [6.07, 6.45) is 0. The van der Waals surface area contributed by atoms with E-state index < -0.39 is 10.0 Å². The molecule has 0 atom stereocenters. The summed E-state index contributed by atoms with van der Waals surface area (Å²) in [4.78, 5) is 0.284. The predicted molar refractivity (Wildman–Crippen MR) is 97.1 cm³/mol. The van der Waals surface area contributed by atoms with Gasteiger partial charge >= 0.3 is 0 Å². The molecule has 5 heteroatoms. The van der Waals surface area contributed by atoms with Crippen molar-refractivity contribution in [2.24, 2.45) is 0 Å². The Hall–Kier alpha value is -1.85. The smallest absolute Gasteiger partial charge is 0.240 e. The molecule has 4 nitrogen and oxygen atoms in total. The van der Waals surface area contributed by atoms with Crippen molar-refractivity contribution in [2.45, 2.75) is 38.5 Å². The van der Waals surface area contributed by atoms with E-state index in [1.165, 1.54) is 5.56 Å². The Kier molecular flexibility index (Phi) is 6.02. The molecule has 0 aliphatic carbocycles.